The van der Waals surface area contributed by atoms with Crippen LogP contribution >= 0.6 is 15.9 Å². The summed E-state index contributed by atoms with van der Waals surface area (Å²) >= 11 is 3.38. The van der Waals surface area contributed by atoms with E-state index in [-0.39, 0.29) is 23.6 Å². The lowest BCUT2D eigenvalue weighted by atomic mass is 10.0. The topological polar surface area (TPSA) is 79.6 Å². The lowest BCUT2D eigenvalue weighted by molar-refractivity contribution is 0.0631. The van der Waals surface area contributed by atoms with Crippen LogP contribution in [0.1, 0.15) is 42.4 Å². The maximum atomic E-state index is 12.7. The van der Waals surface area contributed by atoms with Gasteiger partial charge in [-0.3, -0.25) is 19.3 Å². The van der Waals surface area contributed by atoms with E-state index in [1.165, 1.54) is 18.4 Å². The molecule has 0 aliphatic carbocycles. The summed E-state index contributed by atoms with van der Waals surface area (Å²) < 4.78 is 6.07. The third-order valence-corrected chi connectivity index (χ3v) is 5.07. The number of furan rings is 1. The molecule has 6 nitrogen and oxygen atoms in total. The van der Waals surface area contributed by atoms with Crippen LogP contribution in [-0.2, 0) is 6.54 Å². The van der Waals surface area contributed by atoms with E-state index < -0.39 is 11.8 Å². The Labute approximate surface area is 169 Å². The standard InChI is InChI=1S/C21H15BrN2O4/c1-12-4-6-14(22)10-18(12)23-19(25)13-5-7-16-17(9-13)21(27)24(20(16)26)11-15-3-2-8-28-15/h2-10H,11H2,1H3,(H,23,25). The monoisotopic (exact) mass is 438 g/mol. The number of anilines is 1. The zero-order chi connectivity index (χ0) is 19.8. The van der Waals surface area contributed by atoms with Crippen LogP contribution in [0.5, 0.6) is 0 Å². The molecule has 0 spiro atoms. The van der Waals surface area contributed by atoms with Crippen LogP contribution < -0.4 is 5.32 Å². The molecule has 7 heteroatoms. The van der Waals surface area contributed by atoms with Crippen LogP contribution in [0.2, 0.25) is 0 Å². The van der Waals surface area contributed by atoms with Crippen LogP contribution in [0.3, 0.4) is 0 Å². The van der Waals surface area contributed by atoms with Crippen molar-refractivity contribution in [3.8, 4) is 0 Å². The number of carbonyl (C=O) groups excluding carboxylic acids is 3. The first-order chi connectivity index (χ1) is 13.4. The number of aryl methyl sites for hydroxylation is 1. The third kappa shape index (κ3) is 3.25. The fourth-order valence-electron chi connectivity index (χ4n) is 3.06. The summed E-state index contributed by atoms with van der Waals surface area (Å²) in [5.74, 6) is -0.679. The Hall–Kier alpha value is -3.19. The number of amides is 3. The molecule has 0 atom stereocenters. The molecule has 4 rings (SSSR count). The van der Waals surface area contributed by atoms with Gasteiger partial charge in [-0.15, -0.1) is 0 Å². The molecule has 0 radical (unpaired) electrons. The number of benzene rings is 2. The van der Waals surface area contributed by atoms with Gasteiger partial charge in [0, 0.05) is 15.7 Å². The Bertz CT molecular complexity index is 1110. The Morgan fingerprint density at radius 1 is 1.07 bits per heavy atom. The highest BCUT2D eigenvalue weighted by molar-refractivity contribution is 9.10. The summed E-state index contributed by atoms with van der Waals surface area (Å²) in [6, 6.07) is 13.5. The van der Waals surface area contributed by atoms with Gasteiger partial charge in [0.2, 0.25) is 0 Å². The highest BCUT2D eigenvalue weighted by atomic mass is 79.9. The average Bonchev–Trinajstić information content (AvgIpc) is 3.27. The SMILES string of the molecule is Cc1ccc(Br)cc1NC(=O)c1ccc2c(c1)C(=O)N(Cc1ccco1)C2=O. The summed E-state index contributed by atoms with van der Waals surface area (Å²) in [5, 5.41) is 2.84. The number of fused-ring (bicyclic) bond motifs is 1. The lowest BCUT2D eigenvalue weighted by Crippen LogP contribution is -2.28. The van der Waals surface area contributed by atoms with Crippen molar-refractivity contribution in [2.24, 2.45) is 0 Å². The molecule has 140 valence electrons. The van der Waals surface area contributed by atoms with Crippen molar-refractivity contribution in [1.29, 1.82) is 0 Å². The zero-order valence-corrected chi connectivity index (χ0v) is 16.4. The molecular formula is C21H15BrN2O4. The van der Waals surface area contributed by atoms with Crippen molar-refractivity contribution < 1.29 is 18.8 Å². The van der Waals surface area contributed by atoms with Crippen molar-refractivity contribution in [3.05, 3.63) is 87.3 Å². The van der Waals surface area contributed by atoms with Crippen LogP contribution in [-0.4, -0.2) is 22.6 Å². The van der Waals surface area contributed by atoms with Gasteiger partial charge >= 0.3 is 0 Å². The molecule has 0 fully saturated rings. The number of imide groups is 1. The molecule has 1 aliphatic heterocycles. The Balaban J connectivity index is 1.59. The van der Waals surface area contributed by atoms with Crippen molar-refractivity contribution in [2.45, 2.75) is 13.5 Å². The number of hydrogen-bond acceptors (Lipinski definition) is 4. The molecule has 0 bridgehead atoms. The minimum atomic E-state index is -0.440. The molecule has 0 saturated heterocycles. The summed E-state index contributed by atoms with van der Waals surface area (Å²) in [4.78, 5) is 39.0. The molecular weight excluding hydrogens is 424 g/mol. The molecule has 0 saturated carbocycles. The Morgan fingerprint density at radius 3 is 2.61 bits per heavy atom. The maximum absolute atomic E-state index is 12.7. The van der Waals surface area contributed by atoms with Crippen molar-refractivity contribution in [3.63, 3.8) is 0 Å². The van der Waals surface area contributed by atoms with E-state index in [0.29, 0.717) is 17.0 Å². The molecule has 3 aromatic rings. The first-order valence-corrected chi connectivity index (χ1v) is 9.33. The summed E-state index contributed by atoms with van der Waals surface area (Å²) in [5.41, 5.74) is 2.39. The predicted molar refractivity (Wildman–Crippen MR) is 106 cm³/mol. The number of nitrogens with zero attached hydrogens (tertiary/aromatic N) is 1. The number of rotatable bonds is 4. The Kier molecular flexibility index (Phi) is 4.60. The summed E-state index contributed by atoms with van der Waals surface area (Å²) in [7, 11) is 0. The number of halogens is 1. The van der Waals surface area contributed by atoms with E-state index in [0.717, 1.165) is 14.9 Å². The number of nitrogens with one attached hydrogen (secondary N) is 1. The quantitative estimate of drug-likeness (QED) is 0.612. The van der Waals surface area contributed by atoms with Gasteiger partial charge in [-0.1, -0.05) is 22.0 Å². The zero-order valence-electron chi connectivity index (χ0n) is 14.9. The van der Waals surface area contributed by atoms with E-state index >= 15 is 0 Å². The number of hydrogen-bond donors (Lipinski definition) is 1. The summed E-state index contributed by atoms with van der Waals surface area (Å²) in [6.07, 6.45) is 1.49. The molecule has 1 aromatic heterocycles. The first kappa shape index (κ1) is 18.2. The van der Waals surface area contributed by atoms with E-state index in [1.54, 1.807) is 24.3 Å². The second kappa shape index (κ2) is 7.09. The largest absolute Gasteiger partial charge is 0.467 e. The van der Waals surface area contributed by atoms with Crippen LogP contribution in [0, 0.1) is 6.92 Å². The number of carbonyl (C=O) groups is 3. The van der Waals surface area contributed by atoms with Gasteiger partial charge in [0.1, 0.15) is 5.76 Å². The van der Waals surface area contributed by atoms with E-state index in [9.17, 15) is 14.4 Å². The van der Waals surface area contributed by atoms with Crippen LogP contribution in [0.25, 0.3) is 0 Å². The average molecular weight is 439 g/mol. The molecule has 2 aromatic carbocycles. The highest BCUT2D eigenvalue weighted by Crippen LogP contribution is 2.27. The molecule has 28 heavy (non-hydrogen) atoms. The summed E-state index contributed by atoms with van der Waals surface area (Å²) in [6.45, 7) is 1.94. The van der Waals surface area contributed by atoms with Crippen molar-refractivity contribution >= 4 is 39.3 Å². The van der Waals surface area contributed by atoms with Crippen LogP contribution in [0.4, 0.5) is 5.69 Å². The minimum Gasteiger partial charge on any atom is -0.467 e. The van der Waals surface area contributed by atoms with E-state index in [1.807, 2.05) is 19.1 Å². The van der Waals surface area contributed by atoms with Gasteiger partial charge in [-0.25, -0.2) is 0 Å². The smallest absolute Gasteiger partial charge is 0.261 e. The molecule has 1 aliphatic rings. The molecule has 3 amide bonds. The molecule has 0 unspecified atom stereocenters. The second-order valence-electron chi connectivity index (χ2n) is 6.45. The minimum absolute atomic E-state index is 0.0537. The second-order valence-corrected chi connectivity index (χ2v) is 7.37. The first-order valence-electron chi connectivity index (χ1n) is 8.54. The van der Waals surface area contributed by atoms with Gasteiger partial charge in [-0.05, 0) is 55.0 Å². The normalized spacial score (nSPS) is 13.0. The van der Waals surface area contributed by atoms with Gasteiger partial charge < -0.3 is 9.73 Å². The molecule has 1 N–H and O–H groups in total. The Morgan fingerprint density at radius 2 is 1.86 bits per heavy atom. The van der Waals surface area contributed by atoms with Gasteiger partial charge in [0.25, 0.3) is 17.7 Å². The van der Waals surface area contributed by atoms with Crippen LogP contribution in [0.15, 0.2) is 63.7 Å². The lowest BCUT2D eigenvalue weighted by Gasteiger charge is -2.11. The van der Waals surface area contributed by atoms with E-state index in [2.05, 4.69) is 21.2 Å². The fraction of sp³-hybridized carbons (Fsp3) is 0.0952. The highest BCUT2D eigenvalue weighted by Gasteiger charge is 2.36. The van der Waals surface area contributed by atoms with Gasteiger partial charge in [0.05, 0.1) is 23.9 Å². The molecule has 2 heterocycles. The predicted octanol–water partition coefficient (Wildman–Crippen LogP) is 4.40. The van der Waals surface area contributed by atoms with Gasteiger partial charge in [-0.2, -0.15) is 0 Å². The van der Waals surface area contributed by atoms with Crippen molar-refractivity contribution in [1.82, 2.24) is 4.90 Å². The van der Waals surface area contributed by atoms with E-state index in [4.69, 9.17) is 4.42 Å². The maximum Gasteiger partial charge on any atom is 0.261 e. The fourth-order valence-corrected chi connectivity index (χ4v) is 3.42. The van der Waals surface area contributed by atoms with Gasteiger partial charge in [0.15, 0.2) is 0 Å². The third-order valence-electron chi connectivity index (χ3n) is 4.57. The van der Waals surface area contributed by atoms with Crippen molar-refractivity contribution in [2.75, 3.05) is 5.32 Å².